The van der Waals surface area contributed by atoms with E-state index in [-0.39, 0.29) is 24.2 Å². The van der Waals surface area contributed by atoms with Gasteiger partial charge in [-0.3, -0.25) is 19.4 Å². The molecule has 3 heterocycles. The van der Waals surface area contributed by atoms with Gasteiger partial charge in [0, 0.05) is 30.7 Å². The van der Waals surface area contributed by atoms with Crippen LogP contribution in [0.15, 0.2) is 33.7 Å². The first-order chi connectivity index (χ1) is 15.5. The molecule has 0 bridgehead atoms. The van der Waals surface area contributed by atoms with Crippen molar-refractivity contribution >= 4 is 34.3 Å². The van der Waals surface area contributed by atoms with Gasteiger partial charge in [0.2, 0.25) is 17.6 Å². The number of furan rings is 1. The molecule has 1 N–H and O–H groups in total. The molecular weight excluding hydrogens is 408 g/mol. The maximum Gasteiger partial charge on any atom is 0.363 e. The first-order valence-corrected chi connectivity index (χ1v) is 10.7. The summed E-state index contributed by atoms with van der Waals surface area (Å²) in [5.74, 6) is 0.619. The van der Waals surface area contributed by atoms with Crippen LogP contribution in [0.4, 0.5) is 5.69 Å². The first-order valence-electron chi connectivity index (χ1n) is 10.7. The summed E-state index contributed by atoms with van der Waals surface area (Å²) in [6.07, 6.45) is 2.43. The summed E-state index contributed by atoms with van der Waals surface area (Å²) in [7, 11) is 0. The lowest BCUT2D eigenvalue weighted by molar-refractivity contribution is -0.138. The second-order valence-corrected chi connectivity index (χ2v) is 8.06. The number of carbonyl (C=O) groups is 2. The maximum atomic E-state index is 12.9. The molecule has 1 aromatic heterocycles. The molecule has 1 aromatic carbocycles. The van der Waals surface area contributed by atoms with E-state index in [0.29, 0.717) is 18.7 Å². The van der Waals surface area contributed by atoms with Gasteiger partial charge in [-0.15, -0.1) is 0 Å². The van der Waals surface area contributed by atoms with Crippen molar-refractivity contribution in [1.29, 1.82) is 5.26 Å². The zero-order valence-corrected chi connectivity index (χ0v) is 17.9. The number of aryl methyl sites for hydroxylation is 1. The lowest BCUT2D eigenvalue weighted by atomic mass is 10.2. The zero-order valence-electron chi connectivity index (χ0n) is 17.9. The number of aliphatic imine (C=N–C) groups is 1. The third-order valence-corrected chi connectivity index (χ3v) is 5.77. The number of fused-ring (bicyclic) bond motifs is 1. The van der Waals surface area contributed by atoms with E-state index < -0.39 is 12.1 Å². The lowest BCUT2D eigenvalue weighted by Gasteiger charge is -2.20. The molecule has 9 heteroatoms. The monoisotopic (exact) mass is 432 g/mol. The Balaban J connectivity index is 1.51. The maximum absolute atomic E-state index is 12.9. The Morgan fingerprint density at radius 1 is 1.38 bits per heavy atom. The number of nitrogens with zero attached hydrogens (tertiary/aromatic N) is 5. The zero-order chi connectivity index (χ0) is 22.7. The largest absolute Gasteiger partial charge is 0.461 e. The highest BCUT2D eigenvalue weighted by Gasteiger charge is 2.35. The minimum atomic E-state index is -1.16. The molecule has 2 saturated heterocycles. The van der Waals surface area contributed by atoms with Crippen LogP contribution in [0.2, 0.25) is 0 Å². The van der Waals surface area contributed by atoms with E-state index in [9.17, 15) is 14.9 Å². The number of rotatable bonds is 5. The number of nitriles is 1. The second kappa shape index (κ2) is 9.11. The van der Waals surface area contributed by atoms with Crippen LogP contribution in [0.3, 0.4) is 0 Å². The number of amidine groups is 1. The van der Waals surface area contributed by atoms with Crippen LogP contribution < -0.4 is 5.32 Å². The quantitative estimate of drug-likeness (QED) is 0.444. The summed E-state index contributed by atoms with van der Waals surface area (Å²) in [5, 5.41) is 13.4. The molecule has 2 amide bonds. The van der Waals surface area contributed by atoms with E-state index in [1.165, 1.54) is 4.90 Å². The summed E-state index contributed by atoms with van der Waals surface area (Å²) < 4.78 is 5.58. The van der Waals surface area contributed by atoms with Gasteiger partial charge in [0.05, 0.1) is 6.54 Å². The van der Waals surface area contributed by atoms with E-state index in [1.54, 1.807) is 17.0 Å². The number of anilines is 1. The molecule has 2 aliphatic rings. The number of benzene rings is 1. The summed E-state index contributed by atoms with van der Waals surface area (Å²) in [6, 6.07) is 7.36. The normalized spacial score (nSPS) is 19.8. The molecule has 2 atom stereocenters. The SMILES string of the molecule is [C-]#[N+]C(C#N)C(=NC1CCN(CC(=O)N2CCCC2)C1=O)Nc1ccc2oc(C)cc2c1. The Labute approximate surface area is 186 Å². The fourth-order valence-electron chi connectivity index (χ4n) is 4.12. The topological polar surface area (TPSA) is 106 Å². The molecular formula is C23H24N6O3. The van der Waals surface area contributed by atoms with Gasteiger partial charge in [-0.2, -0.15) is 5.26 Å². The van der Waals surface area contributed by atoms with Gasteiger partial charge in [-0.05, 0) is 50.5 Å². The smallest absolute Gasteiger partial charge is 0.363 e. The fourth-order valence-corrected chi connectivity index (χ4v) is 4.12. The molecule has 0 radical (unpaired) electrons. The fraction of sp³-hybridized carbons (Fsp3) is 0.435. The highest BCUT2D eigenvalue weighted by molar-refractivity contribution is 6.04. The Bertz CT molecular complexity index is 1130. The molecule has 0 spiro atoms. The minimum absolute atomic E-state index is 0.0430. The Morgan fingerprint density at radius 3 is 2.88 bits per heavy atom. The van der Waals surface area contributed by atoms with Crippen molar-refractivity contribution in [3.63, 3.8) is 0 Å². The summed E-state index contributed by atoms with van der Waals surface area (Å²) in [4.78, 5) is 36.4. The van der Waals surface area contributed by atoms with Gasteiger partial charge >= 0.3 is 6.04 Å². The highest BCUT2D eigenvalue weighted by Crippen LogP contribution is 2.23. The number of hydrogen-bond acceptors (Lipinski definition) is 5. The van der Waals surface area contributed by atoms with Crippen LogP contribution in [0.5, 0.6) is 0 Å². The van der Waals surface area contributed by atoms with Crippen molar-refractivity contribution in [3.8, 4) is 6.07 Å². The van der Waals surface area contributed by atoms with Crippen molar-refractivity contribution in [2.75, 3.05) is 31.5 Å². The van der Waals surface area contributed by atoms with E-state index in [4.69, 9.17) is 11.0 Å². The van der Waals surface area contributed by atoms with E-state index in [1.807, 2.05) is 25.1 Å². The predicted octanol–water partition coefficient (Wildman–Crippen LogP) is 2.59. The van der Waals surface area contributed by atoms with Gasteiger partial charge in [-0.1, -0.05) is 0 Å². The van der Waals surface area contributed by atoms with Crippen molar-refractivity contribution < 1.29 is 14.0 Å². The second-order valence-electron chi connectivity index (χ2n) is 8.06. The molecule has 2 aliphatic heterocycles. The van der Waals surface area contributed by atoms with E-state index in [2.05, 4.69) is 15.2 Å². The molecule has 9 nitrogen and oxygen atoms in total. The van der Waals surface area contributed by atoms with E-state index in [0.717, 1.165) is 42.7 Å². The summed E-state index contributed by atoms with van der Waals surface area (Å²) >= 11 is 0. The Morgan fingerprint density at radius 2 is 2.16 bits per heavy atom. The van der Waals surface area contributed by atoms with Crippen LogP contribution in [0.1, 0.15) is 25.0 Å². The molecule has 2 unspecified atom stereocenters. The molecule has 2 fully saturated rings. The van der Waals surface area contributed by atoms with E-state index >= 15 is 0 Å². The minimum Gasteiger partial charge on any atom is -0.461 e. The standard InChI is InChI=1S/C23H24N6O3/c1-15-11-16-12-17(5-6-20(16)32-15)26-22(19(13-24)25-2)27-18-7-10-29(23(18)31)14-21(30)28-8-3-4-9-28/h5-6,11-12,18-19H,3-4,7-10,14H2,1H3,(H,26,27). The van der Waals surface area contributed by atoms with Crippen molar-refractivity contribution in [2.45, 2.75) is 38.3 Å². The third kappa shape index (κ3) is 4.42. The highest BCUT2D eigenvalue weighted by atomic mass is 16.3. The summed E-state index contributed by atoms with van der Waals surface area (Å²) in [5.41, 5.74) is 1.38. The number of nitrogens with one attached hydrogen (secondary N) is 1. The number of amides is 2. The molecule has 164 valence electrons. The predicted molar refractivity (Wildman–Crippen MR) is 119 cm³/mol. The average molecular weight is 432 g/mol. The van der Waals surface area contributed by atoms with Crippen LogP contribution in [0.25, 0.3) is 15.8 Å². The molecule has 4 rings (SSSR count). The van der Waals surface area contributed by atoms with Crippen LogP contribution in [0, 0.1) is 24.8 Å². The molecule has 0 aliphatic carbocycles. The summed E-state index contributed by atoms with van der Waals surface area (Å²) in [6.45, 7) is 11.2. The van der Waals surface area contributed by atoms with Gasteiger partial charge in [-0.25, -0.2) is 6.57 Å². The lowest BCUT2D eigenvalue weighted by Crippen LogP contribution is -2.41. The van der Waals surface area contributed by atoms with Gasteiger partial charge in [0.25, 0.3) is 0 Å². The van der Waals surface area contributed by atoms with Crippen molar-refractivity contribution in [2.24, 2.45) is 4.99 Å². The number of hydrogen-bond donors (Lipinski definition) is 1. The Kier molecular flexibility index (Phi) is 6.09. The number of likely N-dealkylation sites (tertiary alicyclic amines) is 2. The third-order valence-electron chi connectivity index (χ3n) is 5.77. The van der Waals surface area contributed by atoms with Crippen molar-refractivity contribution in [3.05, 3.63) is 41.4 Å². The molecule has 2 aromatic rings. The van der Waals surface area contributed by atoms with Gasteiger partial charge in [0.1, 0.15) is 17.4 Å². The average Bonchev–Trinajstić information content (AvgIpc) is 3.50. The molecule has 0 saturated carbocycles. The van der Waals surface area contributed by atoms with Crippen LogP contribution in [-0.2, 0) is 9.59 Å². The van der Waals surface area contributed by atoms with Crippen LogP contribution in [-0.4, -0.2) is 65.7 Å². The van der Waals surface area contributed by atoms with Gasteiger partial charge in [0.15, 0.2) is 6.07 Å². The van der Waals surface area contributed by atoms with Gasteiger partial charge < -0.3 is 19.5 Å². The number of carbonyl (C=O) groups excluding carboxylic acids is 2. The molecule has 32 heavy (non-hydrogen) atoms. The van der Waals surface area contributed by atoms with Crippen molar-refractivity contribution in [1.82, 2.24) is 9.80 Å². The first kappa shape index (κ1) is 21.4. The van der Waals surface area contributed by atoms with Crippen LogP contribution >= 0.6 is 0 Å². The Hall–Kier alpha value is -3.85.